The van der Waals surface area contributed by atoms with Gasteiger partial charge in [0, 0.05) is 25.8 Å². The Morgan fingerprint density at radius 3 is 3.00 bits per heavy atom. The fourth-order valence-corrected chi connectivity index (χ4v) is 1.08. The molecule has 0 radical (unpaired) electrons. The van der Waals surface area contributed by atoms with Crippen molar-refractivity contribution < 1.29 is 9.47 Å². The summed E-state index contributed by atoms with van der Waals surface area (Å²) < 4.78 is 10.2. The molecule has 0 aliphatic carbocycles. The third-order valence-electron chi connectivity index (χ3n) is 1.83. The van der Waals surface area contributed by atoms with E-state index < -0.39 is 0 Å². The summed E-state index contributed by atoms with van der Waals surface area (Å²) in [4.78, 5) is 7.98. The van der Waals surface area contributed by atoms with E-state index >= 15 is 0 Å². The summed E-state index contributed by atoms with van der Waals surface area (Å²) in [6.07, 6.45) is 2.43. The summed E-state index contributed by atoms with van der Waals surface area (Å²) >= 11 is 0. The highest BCUT2D eigenvalue weighted by atomic mass is 16.5. The molecule has 1 aromatic rings. The molecule has 1 rings (SSSR count). The summed E-state index contributed by atoms with van der Waals surface area (Å²) in [7, 11) is 1.58. The Hall–Kier alpha value is -1.36. The number of methoxy groups -OCH3 is 1. The monoisotopic (exact) mass is 211 g/mol. The molecule has 1 N–H and O–H groups in total. The molecule has 0 amide bonds. The van der Waals surface area contributed by atoms with Gasteiger partial charge in [0.25, 0.3) is 0 Å². The third-order valence-corrected chi connectivity index (χ3v) is 1.83. The molecule has 0 fully saturated rings. The van der Waals surface area contributed by atoms with Gasteiger partial charge in [-0.25, -0.2) is 9.97 Å². The number of rotatable bonds is 7. The lowest BCUT2D eigenvalue weighted by Gasteiger charge is -2.06. The van der Waals surface area contributed by atoms with Crippen LogP contribution >= 0.6 is 0 Å². The first-order valence-electron chi connectivity index (χ1n) is 5.04. The minimum Gasteiger partial charge on any atom is -0.481 e. The molecule has 0 unspecified atom stereocenters. The molecule has 15 heavy (non-hydrogen) atoms. The molecule has 0 aliphatic heterocycles. The van der Waals surface area contributed by atoms with Crippen LogP contribution in [0.5, 0.6) is 5.88 Å². The Kier molecular flexibility index (Phi) is 5.47. The van der Waals surface area contributed by atoms with Gasteiger partial charge in [-0.15, -0.1) is 0 Å². The Bertz CT molecular complexity index is 281. The maximum absolute atomic E-state index is 5.22. The number of nitrogens with one attached hydrogen (secondary N) is 1. The molecule has 0 atom stereocenters. The average molecular weight is 211 g/mol. The second-order valence-corrected chi connectivity index (χ2v) is 2.92. The molecule has 0 saturated heterocycles. The first kappa shape index (κ1) is 11.7. The standard InChI is InChI=1S/C10H17N3O2/c1-3-15-6-4-5-11-9-7-10(14-2)13-8-12-9/h7-8H,3-6H2,1-2H3,(H,11,12,13). The molecule has 0 aromatic carbocycles. The predicted molar refractivity (Wildman–Crippen MR) is 58.2 cm³/mol. The molecule has 0 aliphatic rings. The van der Waals surface area contributed by atoms with E-state index in [1.54, 1.807) is 13.2 Å². The van der Waals surface area contributed by atoms with Crippen LogP contribution in [0.2, 0.25) is 0 Å². The van der Waals surface area contributed by atoms with Gasteiger partial charge in [-0.3, -0.25) is 0 Å². The van der Waals surface area contributed by atoms with E-state index in [9.17, 15) is 0 Å². The van der Waals surface area contributed by atoms with E-state index in [1.807, 2.05) is 6.92 Å². The van der Waals surface area contributed by atoms with E-state index in [1.165, 1.54) is 6.33 Å². The third kappa shape index (κ3) is 4.60. The zero-order valence-corrected chi connectivity index (χ0v) is 9.19. The fraction of sp³-hybridized carbons (Fsp3) is 0.600. The van der Waals surface area contributed by atoms with Crippen molar-refractivity contribution in [3.8, 4) is 5.88 Å². The SMILES string of the molecule is CCOCCCNc1cc(OC)ncn1. The summed E-state index contributed by atoms with van der Waals surface area (Å²) in [6, 6.07) is 1.76. The summed E-state index contributed by atoms with van der Waals surface area (Å²) in [5.74, 6) is 1.34. The van der Waals surface area contributed by atoms with Crippen LogP contribution in [0.25, 0.3) is 0 Å². The van der Waals surface area contributed by atoms with E-state index in [-0.39, 0.29) is 0 Å². The van der Waals surface area contributed by atoms with Crippen LogP contribution in [-0.4, -0.2) is 36.8 Å². The minimum absolute atomic E-state index is 0.567. The topological polar surface area (TPSA) is 56.3 Å². The first-order valence-corrected chi connectivity index (χ1v) is 5.04. The van der Waals surface area contributed by atoms with Crippen molar-refractivity contribution in [2.24, 2.45) is 0 Å². The van der Waals surface area contributed by atoms with Crippen molar-refractivity contribution in [3.63, 3.8) is 0 Å². The van der Waals surface area contributed by atoms with Crippen molar-refractivity contribution in [2.45, 2.75) is 13.3 Å². The summed E-state index contributed by atoms with van der Waals surface area (Å²) in [5.41, 5.74) is 0. The molecule has 5 nitrogen and oxygen atoms in total. The second-order valence-electron chi connectivity index (χ2n) is 2.92. The van der Waals surface area contributed by atoms with Gasteiger partial charge in [0.2, 0.25) is 5.88 Å². The predicted octanol–water partition coefficient (Wildman–Crippen LogP) is 1.32. The minimum atomic E-state index is 0.567. The van der Waals surface area contributed by atoms with E-state index in [4.69, 9.17) is 9.47 Å². The Labute approximate surface area is 89.8 Å². The summed E-state index contributed by atoms with van der Waals surface area (Å²) in [6.45, 7) is 4.36. The maximum Gasteiger partial charge on any atom is 0.218 e. The van der Waals surface area contributed by atoms with E-state index in [0.717, 1.165) is 32.0 Å². The molecular formula is C10H17N3O2. The number of aromatic nitrogens is 2. The van der Waals surface area contributed by atoms with Crippen molar-refractivity contribution >= 4 is 5.82 Å². The highest BCUT2D eigenvalue weighted by Gasteiger charge is 1.96. The van der Waals surface area contributed by atoms with Gasteiger partial charge >= 0.3 is 0 Å². The lowest BCUT2D eigenvalue weighted by molar-refractivity contribution is 0.147. The molecule has 1 aromatic heterocycles. The molecular weight excluding hydrogens is 194 g/mol. The van der Waals surface area contributed by atoms with E-state index in [2.05, 4.69) is 15.3 Å². The fourth-order valence-electron chi connectivity index (χ4n) is 1.08. The number of ether oxygens (including phenoxy) is 2. The number of nitrogens with zero attached hydrogens (tertiary/aromatic N) is 2. The van der Waals surface area contributed by atoms with Crippen LogP contribution in [0.15, 0.2) is 12.4 Å². The zero-order chi connectivity index (χ0) is 10.9. The first-order chi connectivity index (χ1) is 7.36. The van der Waals surface area contributed by atoms with Gasteiger partial charge in [-0.2, -0.15) is 0 Å². The number of hydrogen-bond acceptors (Lipinski definition) is 5. The average Bonchev–Trinajstić information content (AvgIpc) is 2.29. The van der Waals surface area contributed by atoms with Gasteiger partial charge in [0.05, 0.1) is 7.11 Å². The molecule has 1 heterocycles. The molecule has 84 valence electrons. The smallest absolute Gasteiger partial charge is 0.218 e. The van der Waals surface area contributed by atoms with Crippen LogP contribution in [0.4, 0.5) is 5.82 Å². The van der Waals surface area contributed by atoms with Crippen molar-refractivity contribution in [1.29, 1.82) is 0 Å². The molecule has 5 heteroatoms. The molecule has 0 bridgehead atoms. The Balaban J connectivity index is 2.24. The summed E-state index contributed by atoms with van der Waals surface area (Å²) in [5, 5.41) is 3.17. The molecule has 0 spiro atoms. The lowest BCUT2D eigenvalue weighted by atomic mass is 10.4. The Morgan fingerprint density at radius 1 is 1.40 bits per heavy atom. The van der Waals surface area contributed by atoms with Crippen molar-refractivity contribution in [1.82, 2.24) is 9.97 Å². The lowest BCUT2D eigenvalue weighted by Crippen LogP contribution is -2.07. The van der Waals surface area contributed by atoms with Gasteiger partial charge in [0.15, 0.2) is 0 Å². The molecule has 0 saturated carbocycles. The van der Waals surface area contributed by atoms with Crippen molar-refractivity contribution in [3.05, 3.63) is 12.4 Å². The highest BCUT2D eigenvalue weighted by Crippen LogP contribution is 2.09. The van der Waals surface area contributed by atoms with Crippen molar-refractivity contribution in [2.75, 3.05) is 32.2 Å². The van der Waals surface area contributed by atoms with Crippen LogP contribution in [0.3, 0.4) is 0 Å². The van der Waals surface area contributed by atoms with Crippen LogP contribution < -0.4 is 10.1 Å². The second kappa shape index (κ2) is 7.00. The highest BCUT2D eigenvalue weighted by molar-refractivity contribution is 5.36. The van der Waals surface area contributed by atoms with Gasteiger partial charge in [0.1, 0.15) is 12.1 Å². The largest absolute Gasteiger partial charge is 0.481 e. The quantitative estimate of drug-likeness (QED) is 0.689. The zero-order valence-electron chi connectivity index (χ0n) is 9.19. The van der Waals surface area contributed by atoms with E-state index in [0.29, 0.717) is 5.88 Å². The number of hydrogen-bond donors (Lipinski definition) is 1. The van der Waals surface area contributed by atoms with Crippen LogP contribution in [0, 0.1) is 0 Å². The maximum atomic E-state index is 5.22. The van der Waals surface area contributed by atoms with Gasteiger partial charge < -0.3 is 14.8 Å². The van der Waals surface area contributed by atoms with Crippen LogP contribution in [-0.2, 0) is 4.74 Å². The Morgan fingerprint density at radius 2 is 2.27 bits per heavy atom. The normalized spacial score (nSPS) is 10.0. The number of anilines is 1. The van der Waals surface area contributed by atoms with Gasteiger partial charge in [-0.1, -0.05) is 0 Å². The van der Waals surface area contributed by atoms with Gasteiger partial charge in [-0.05, 0) is 13.3 Å². The van der Waals surface area contributed by atoms with Crippen LogP contribution in [0.1, 0.15) is 13.3 Å².